The van der Waals surface area contributed by atoms with E-state index < -0.39 is 0 Å². The minimum absolute atomic E-state index is 0.241. The summed E-state index contributed by atoms with van der Waals surface area (Å²) in [5.74, 6) is 2.41. The highest BCUT2D eigenvalue weighted by molar-refractivity contribution is 6.02. The van der Waals surface area contributed by atoms with E-state index in [9.17, 15) is 0 Å². The maximum atomic E-state index is 5.11. The lowest BCUT2D eigenvalue weighted by molar-refractivity contribution is 0.179. The van der Waals surface area contributed by atoms with Crippen molar-refractivity contribution in [3.8, 4) is 12.3 Å². The van der Waals surface area contributed by atoms with Gasteiger partial charge in [0.2, 0.25) is 0 Å². The van der Waals surface area contributed by atoms with Gasteiger partial charge in [-0.1, -0.05) is 34.8 Å². The first-order valence-corrected chi connectivity index (χ1v) is 5.53. The van der Waals surface area contributed by atoms with Gasteiger partial charge in [-0.2, -0.15) is 0 Å². The maximum absolute atomic E-state index is 5.11. The van der Waals surface area contributed by atoms with Gasteiger partial charge in [0, 0.05) is 5.56 Å². The third kappa shape index (κ3) is 2.25. The second-order valence-corrected chi connectivity index (χ2v) is 4.03. The van der Waals surface area contributed by atoms with Crippen molar-refractivity contribution in [1.82, 2.24) is 0 Å². The van der Waals surface area contributed by atoms with Crippen molar-refractivity contribution in [2.24, 2.45) is 5.16 Å². The van der Waals surface area contributed by atoms with Crippen LogP contribution in [0.15, 0.2) is 23.4 Å². The zero-order valence-corrected chi connectivity index (χ0v) is 9.49. The fourth-order valence-electron chi connectivity index (χ4n) is 2.03. The largest absolute Gasteiger partial charge is 0.382 e. The van der Waals surface area contributed by atoms with E-state index in [2.05, 4.69) is 36.2 Å². The summed E-state index contributed by atoms with van der Waals surface area (Å²) in [4.78, 5) is 5.06. The Morgan fingerprint density at radius 2 is 2.31 bits per heavy atom. The van der Waals surface area contributed by atoms with Gasteiger partial charge in [0.05, 0.1) is 5.71 Å². The number of hydrogen-bond acceptors (Lipinski definition) is 2. The van der Waals surface area contributed by atoms with Crippen LogP contribution in [0.3, 0.4) is 0 Å². The molecule has 1 aromatic rings. The average molecular weight is 213 g/mol. The van der Waals surface area contributed by atoms with Crippen LogP contribution in [0.4, 0.5) is 0 Å². The third-order valence-corrected chi connectivity index (χ3v) is 2.75. The summed E-state index contributed by atoms with van der Waals surface area (Å²) in [5, 5.41) is 4.12. The number of rotatable bonds is 2. The van der Waals surface area contributed by atoms with Gasteiger partial charge >= 0.3 is 0 Å². The predicted octanol–water partition coefficient (Wildman–Crippen LogP) is 2.69. The molecular formula is C14H15NO. The summed E-state index contributed by atoms with van der Waals surface area (Å²) in [6.07, 6.45) is 8.35. The molecule has 0 unspecified atom stereocenters. The lowest BCUT2D eigenvalue weighted by Gasteiger charge is -2.17. The SMILES string of the molecule is C#CCO/N=C1\CCCc2cc(C)ccc21. The van der Waals surface area contributed by atoms with Crippen LogP contribution >= 0.6 is 0 Å². The first-order valence-electron chi connectivity index (χ1n) is 5.53. The van der Waals surface area contributed by atoms with E-state index in [4.69, 9.17) is 11.3 Å². The highest BCUT2D eigenvalue weighted by Crippen LogP contribution is 2.22. The molecule has 0 saturated heterocycles. The number of nitrogens with zero attached hydrogens (tertiary/aromatic N) is 1. The minimum Gasteiger partial charge on any atom is -0.382 e. The molecule has 2 nitrogen and oxygen atoms in total. The molecule has 0 spiro atoms. The molecule has 82 valence electrons. The monoisotopic (exact) mass is 213 g/mol. The normalized spacial score (nSPS) is 16.6. The van der Waals surface area contributed by atoms with Crippen LogP contribution in [0, 0.1) is 19.3 Å². The van der Waals surface area contributed by atoms with Gasteiger partial charge in [-0.3, -0.25) is 0 Å². The fourth-order valence-corrected chi connectivity index (χ4v) is 2.03. The van der Waals surface area contributed by atoms with E-state index >= 15 is 0 Å². The standard InChI is InChI=1S/C14H15NO/c1-3-9-16-15-14-6-4-5-12-10-11(2)7-8-13(12)14/h1,7-8,10H,4-6,9H2,2H3/b15-14+. The summed E-state index contributed by atoms with van der Waals surface area (Å²) in [5.41, 5.74) is 4.91. The Labute approximate surface area is 96.3 Å². The Hall–Kier alpha value is -1.75. The first kappa shape index (κ1) is 10.8. The number of terminal acetylenes is 1. The summed E-state index contributed by atoms with van der Waals surface area (Å²) in [7, 11) is 0. The molecule has 2 heteroatoms. The Morgan fingerprint density at radius 1 is 1.44 bits per heavy atom. The van der Waals surface area contributed by atoms with Gasteiger partial charge in [-0.05, 0) is 31.7 Å². The summed E-state index contributed by atoms with van der Waals surface area (Å²) in [6, 6.07) is 6.47. The maximum Gasteiger partial charge on any atom is 0.177 e. The summed E-state index contributed by atoms with van der Waals surface area (Å²) in [6.45, 7) is 2.35. The molecule has 2 rings (SSSR count). The van der Waals surface area contributed by atoms with Gasteiger partial charge < -0.3 is 4.84 Å². The van der Waals surface area contributed by atoms with Crippen molar-refractivity contribution in [3.05, 3.63) is 34.9 Å². The third-order valence-electron chi connectivity index (χ3n) is 2.75. The lowest BCUT2D eigenvalue weighted by atomic mass is 9.89. The molecule has 16 heavy (non-hydrogen) atoms. The molecule has 0 radical (unpaired) electrons. The van der Waals surface area contributed by atoms with Crippen LogP contribution in [-0.4, -0.2) is 12.3 Å². The van der Waals surface area contributed by atoms with Gasteiger partial charge in [-0.15, -0.1) is 6.42 Å². The van der Waals surface area contributed by atoms with Crippen LogP contribution in [0.5, 0.6) is 0 Å². The van der Waals surface area contributed by atoms with Crippen LogP contribution < -0.4 is 0 Å². The first-order chi connectivity index (χ1) is 7.81. The van der Waals surface area contributed by atoms with E-state index in [1.54, 1.807) is 0 Å². The molecular weight excluding hydrogens is 198 g/mol. The van der Waals surface area contributed by atoms with Crippen molar-refractivity contribution in [3.63, 3.8) is 0 Å². The van der Waals surface area contributed by atoms with Gasteiger partial charge in [0.25, 0.3) is 0 Å². The van der Waals surface area contributed by atoms with Crippen molar-refractivity contribution < 1.29 is 4.84 Å². The van der Waals surface area contributed by atoms with E-state index in [1.165, 1.54) is 16.7 Å². The fraction of sp³-hybridized carbons (Fsp3) is 0.357. The molecule has 0 aliphatic heterocycles. The Morgan fingerprint density at radius 3 is 3.12 bits per heavy atom. The Bertz CT molecular complexity index is 454. The number of hydrogen-bond donors (Lipinski definition) is 0. The minimum atomic E-state index is 0.241. The van der Waals surface area contributed by atoms with E-state index in [1.807, 2.05) is 0 Å². The Balaban J connectivity index is 2.27. The highest BCUT2D eigenvalue weighted by atomic mass is 16.6. The number of benzene rings is 1. The summed E-state index contributed by atoms with van der Waals surface area (Å²) < 4.78 is 0. The van der Waals surface area contributed by atoms with Crippen LogP contribution in [-0.2, 0) is 11.3 Å². The lowest BCUT2D eigenvalue weighted by Crippen LogP contribution is -2.12. The molecule has 1 aliphatic rings. The van der Waals surface area contributed by atoms with Crippen molar-refractivity contribution in [1.29, 1.82) is 0 Å². The molecule has 0 heterocycles. The molecule has 0 aromatic heterocycles. The quantitative estimate of drug-likeness (QED) is 0.420. The van der Waals surface area contributed by atoms with E-state index in [0.717, 1.165) is 25.0 Å². The topological polar surface area (TPSA) is 21.6 Å². The molecule has 0 N–H and O–H groups in total. The molecule has 0 amide bonds. The van der Waals surface area contributed by atoms with Crippen LogP contribution in [0.25, 0.3) is 0 Å². The van der Waals surface area contributed by atoms with Gasteiger partial charge in [0.1, 0.15) is 0 Å². The van der Waals surface area contributed by atoms with Crippen molar-refractivity contribution >= 4 is 5.71 Å². The number of aryl methyl sites for hydroxylation is 2. The molecule has 0 bridgehead atoms. The molecule has 0 saturated carbocycles. The average Bonchev–Trinajstić information content (AvgIpc) is 2.29. The molecule has 1 aliphatic carbocycles. The van der Waals surface area contributed by atoms with Gasteiger partial charge in [-0.25, -0.2) is 0 Å². The number of oxime groups is 1. The van der Waals surface area contributed by atoms with E-state index in [-0.39, 0.29) is 6.61 Å². The second-order valence-electron chi connectivity index (χ2n) is 4.03. The summed E-state index contributed by atoms with van der Waals surface area (Å²) >= 11 is 0. The Kier molecular flexibility index (Phi) is 3.26. The van der Waals surface area contributed by atoms with Crippen molar-refractivity contribution in [2.45, 2.75) is 26.2 Å². The van der Waals surface area contributed by atoms with Crippen LogP contribution in [0.2, 0.25) is 0 Å². The zero-order chi connectivity index (χ0) is 11.4. The molecule has 0 atom stereocenters. The predicted molar refractivity (Wildman–Crippen MR) is 65.4 cm³/mol. The number of fused-ring (bicyclic) bond motifs is 1. The van der Waals surface area contributed by atoms with Gasteiger partial charge in [0.15, 0.2) is 6.61 Å². The molecule has 1 aromatic carbocycles. The van der Waals surface area contributed by atoms with Crippen molar-refractivity contribution in [2.75, 3.05) is 6.61 Å². The van der Waals surface area contributed by atoms with E-state index in [0.29, 0.717) is 0 Å². The smallest absolute Gasteiger partial charge is 0.177 e. The molecule has 0 fully saturated rings. The second kappa shape index (κ2) is 4.85. The highest BCUT2D eigenvalue weighted by Gasteiger charge is 2.15. The van der Waals surface area contributed by atoms with Crippen LogP contribution in [0.1, 0.15) is 29.5 Å². The zero-order valence-electron chi connectivity index (χ0n) is 9.49.